The Morgan fingerprint density at radius 1 is 1.29 bits per heavy atom. The number of hydrogen-bond acceptors (Lipinski definition) is 2. The number of para-hydroxylation sites is 1. The molecule has 2 atom stereocenters. The van der Waals surface area contributed by atoms with Crippen molar-refractivity contribution in [1.82, 2.24) is 5.32 Å². The van der Waals surface area contributed by atoms with Crippen molar-refractivity contribution >= 4 is 11.6 Å². The molecule has 1 saturated heterocycles. The lowest BCUT2D eigenvalue weighted by molar-refractivity contribution is -0.117. The van der Waals surface area contributed by atoms with Crippen molar-refractivity contribution in [3.63, 3.8) is 0 Å². The summed E-state index contributed by atoms with van der Waals surface area (Å²) in [5.41, 5.74) is 1.84. The number of amides is 1. The molecule has 1 aliphatic heterocycles. The molecule has 112 valence electrons. The Kier molecular flexibility index (Phi) is 4.06. The number of anilines is 1. The highest BCUT2D eigenvalue weighted by Crippen LogP contribution is 2.25. The van der Waals surface area contributed by atoms with Crippen LogP contribution in [0, 0.1) is 5.82 Å². The minimum atomic E-state index is -0.331. The maximum Gasteiger partial charge on any atom is 0.228 e. The molecule has 0 spiro atoms. The van der Waals surface area contributed by atoms with Crippen LogP contribution < -0.4 is 10.2 Å². The molecule has 2 aliphatic rings. The number of carbonyl (C=O) groups is 1. The van der Waals surface area contributed by atoms with Gasteiger partial charge in [-0.05, 0) is 38.3 Å². The first kappa shape index (κ1) is 14.3. The molecule has 0 bridgehead atoms. The molecular weight excluding hydrogens is 267 g/mol. The zero-order chi connectivity index (χ0) is 14.8. The van der Waals surface area contributed by atoms with Gasteiger partial charge in [0.25, 0.3) is 0 Å². The van der Waals surface area contributed by atoms with Crippen LogP contribution in [0.4, 0.5) is 10.1 Å². The molecular formula is C17H21FN2O. The lowest BCUT2D eigenvalue weighted by atomic mass is 9.95. The van der Waals surface area contributed by atoms with Crippen molar-refractivity contribution in [3.05, 3.63) is 41.7 Å². The average Bonchev–Trinajstić information content (AvgIpc) is 2.83. The van der Waals surface area contributed by atoms with E-state index in [-0.39, 0.29) is 17.8 Å². The van der Waals surface area contributed by atoms with Gasteiger partial charge in [0.1, 0.15) is 5.82 Å². The van der Waals surface area contributed by atoms with E-state index in [2.05, 4.69) is 18.3 Å². The van der Waals surface area contributed by atoms with E-state index in [0.29, 0.717) is 24.7 Å². The highest BCUT2D eigenvalue weighted by atomic mass is 19.1. The van der Waals surface area contributed by atoms with Crippen LogP contribution in [0.1, 0.15) is 32.6 Å². The van der Waals surface area contributed by atoms with Crippen molar-refractivity contribution in [2.45, 2.75) is 44.7 Å². The van der Waals surface area contributed by atoms with Gasteiger partial charge in [-0.1, -0.05) is 23.8 Å². The molecule has 1 aliphatic carbocycles. The smallest absolute Gasteiger partial charge is 0.228 e. The third-order valence-corrected chi connectivity index (χ3v) is 4.38. The molecule has 1 aromatic carbocycles. The van der Waals surface area contributed by atoms with Crippen LogP contribution >= 0.6 is 0 Å². The van der Waals surface area contributed by atoms with Crippen molar-refractivity contribution in [3.8, 4) is 0 Å². The molecule has 1 N–H and O–H groups in total. The Morgan fingerprint density at radius 3 is 2.81 bits per heavy atom. The minimum Gasteiger partial charge on any atom is -0.309 e. The van der Waals surface area contributed by atoms with Crippen LogP contribution in [0.25, 0.3) is 0 Å². The summed E-state index contributed by atoms with van der Waals surface area (Å²) in [6, 6.07) is 7.04. The highest BCUT2D eigenvalue weighted by molar-refractivity contribution is 5.96. The van der Waals surface area contributed by atoms with Crippen LogP contribution in [0.15, 0.2) is 35.9 Å². The van der Waals surface area contributed by atoms with Crippen LogP contribution in [-0.4, -0.2) is 24.5 Å². The van der Waals surface area contributed by atoms with Crippen molar-refractivity contribution in [2.75, 3.05) is 11.4 Å². The van der Waals surface area contributed by atoms with Crippen LogP contribution in [0.5, 0.6) is 0 Å². The summed E-state index contributed by atoms with van der Waals surface area (Å²) < 4.78 is 13.8. The average molecular weight is 288 g/mol. The van der Waals surface area contributed by atoms with E-state index in [4.69, 9.17) is 0 Å². The number of hydrogen-bond donors (Lipinski definition) is 1. The maximum atomic E-state index is 13.8. The second-order valence-corrected chi connectivity index (χ2v) is 6.05. The lowest BCUT2D eigenvalue weighted by Crippen LogP contribution is -2.40. The van der Waals surface area contributed by atoms with E-state index in [1.165, 1.54) is 11.6 Å². The number of rotatable bonds is 3. The van der Waals surface area contributed by atoms with Gasteiger partial charge in [-0.25, -0.2) is 4.39 Å². The van der Waals surface area contributed by atoms with E-state index in [1.807, 2.05) is 0 Å². The number of halogens is 1. The SMILES string of the molecule is CC1=CCC(NC2CC(=O)N(c3ccccc3F)C2)CC1. The first-order chi connectivity index (χ1) is 10.1. The Labute approximate surface area is 124 Å². The molecule has 21 heavy (non-hydrogen) atoms. The van der Waals surface area contributed by atoms with Crippen molar-refractivity contribution in [2.24, 2.45) is 0 Å². The number of carbonyl (C=O) groups excluding carboxylic acids is 1. The van der Waals surface area contributed by atoms with Crippen molar-refractivity contribution < 1.29 is 9.18 Å². The number of benzene rings is 1. The topological polar surface area (TPSA) is 32.3 Å². The number of nitrogens with zero attached hydrogens (tertiary/aromatic N) is 1. The zero-order valence-corrected chi connectivity index (χ0v) is 12.3. The van der Waals surface area contributed by atoms with E-state index >= 15 is 0 Å². The molecule has 2 unspecified atom stereocenters. The highest BCUT2D eigenvalue weighted by Gasteiger charge is 2.33. The Morgan fingerprint density at radius 2 is 2.10 bits per heavy atom. The standard InChI is InChI=1S/C17H21FN2O/c1-12-6-8-13(9-7-12)19-14-10-17(21)20(11-14)16-5-3-2-4-15(16)18/h2-6,13-14,19H,7-11H2,1H3. The van der Waals surface area contributed by atoms with E-state index < -0.39 is 0 Å². The van der Waals surface area contributed by atoms with Gasteiger partial charge in [0.15, 0.2) is 0 Å². The van der Waals surface area contributed by atoms with E-state index in [0.717, 1.165) is 19.3 Å². The molecule has 3 rings (SSSR count). The normalized spacial score (nSPS) is 26.1. The van der Waals surface area contributed by atoms with E-state index in [1.54, 1.807) is 23.1 Å². The van der Waals surface area contributed by atoms with Gasteiger partial charge < -0.3 is 10.2 Å². The van der Waals surface area contributed by atoms with Crippen LogP contribution in [0.3, 0.4) is 0 Å². The molecule has 1 heterocycles. The molecule has 4 heteroatoms. The molecule has 0 aromatic heterocycles. The summed E-state index contributed by atoms with van der Waals surface area (Å²) in [7, 11) is 0. The summed E-state index contributed by atoms with van der Waals surface area (Å²) in [4.78, 5) is 13.7. The van der Waals surface area contributed by atoms with Gasteiger partial charge in [-0.2, -0.15) is 0 Å². The van der Waals surface area contributed by atoms with Gasteiger partial charge >= 0.3 is 0 Å². The fraction of sp³-hybridized carbons (Fsp3) is 0.471. The monoisotopic (exact) mass is 288 g/mol. The minimum absolute atomic E-state index is 0.000122. The predicted octanol–water partition coefficient (Wildman–Crippen LogP) is 3.02. The number of allylic oxidation sites excluding steroid dienone is 1. The quantitative estimate of drug-likeness (QED) is 0.867. The predicted molar refractivity (Wildman–Crippen MR) is 81.7 cm³/mol. The summed E-state index contributed by atoms with van der Waals surface area (Å²) in [5.74, 6) is -0.331. The third-order valence-electron chi connectivity index (χ3n) is 4.38. The van der Waals surface area contributed by atoms with Gasteiger partial charge in [0.2, 0.25) is 5.91 Å². The summed E-state index contributed by atoms with van der Waals surface area (Å²) >= 11 is 0. The first-order valence-electron chi connectivity index (χ1n) is 7.60. The molecule has 0 saturated carbocycles. The van der Waals surface area contributed by atoms with E-state index in [9.17, 15) is 9.18 Å². The van der Waals surface area contributed by atoms with Crippen LogP contribution in [0.2, 0.25) is 0 Å². The Hall–Kier alpha value is -1.68. The second kappa shape index (κ2) is 5.98. The molecule has 1 amide bonds. The summed E-state index contributed by atoms with van der Waals surface area (Å²) in [6.45, 7) is 2.72. The zero-order valence-electron chi connectivity index (χ0n) is 12.3. The summed E-state index contributed by atoms with van der Waals surface area (Å²) in [5, 5.41) is 3.56. The van der Waals surface area contributed by atoms with Gasteiger partial charge in [-0.15, -0.1) is 0 Å². The Bertz CT molecular complexity index is 570. The largest absolute Gasteiger partial charge is 0.309 e. The molecule has 1 aromatic rings. The molecule has 1 fully saturated rings. The van der Waals surface area contributed by atoms with Crippen LogP contribution in [-0.2, 0) is 4.79 Å². The Balaban J connectivity index is 1.64. The summed E-state index contributed by atoms with van der Waals surface area (Å²) in [6.07, 6.45) is 5.98. The second-order valence-electron chi connectivity index (χ2n) is 6.05. The number of nitrogens with one attached hydrogen (secondary N) is 1. The fourth-order valence-corrected chi connectivity index (χ4v) is 3.17. The fourth-order valence-electron chi connectivity index (χ4n) is 3.17. The van der Waals surface area contributed by atoms with Gasteiger partial charge in [-0.3, -0.25) is 4.79 Å². The molecule has 3 nitrogen and oxygen atoms in total. The first-order valence-corrected chi connectivity index (χ1v) is 7.60. The maximum absolute atomic E-state index is 13.8. The van der Waals surface area contributed by atoms with Gasteiger partial charge in [0.05, 0.1) is 5.69 Å². The molecule has 0 radical (unpaired) electrons. The van der Waals surface area contributed by atoms with Crippen molar-refractivity contribution in [1.29, 1.82) is 0 Å². The van der Waals surface area contributed by atoms with Gasteiger partial charge in [0, 0.05) is 25.0 Å². The lowest BCUT2D eigenvalue weighted by Gasteiger charge is -2.25. The third kappa shape index (κ3) is 3.16.